The van der Waals surface area contributed by atoms with Gasteiger partial charge in [-0.1, -0.05) is 0 Å². The highest BCUT2D eigenvalue weighted by molar-refractivity contribution is 7.85. The van der Waals surface area contributed by atoms with Gasteiger partial charge < -0.3 is 10.2 Å². The summed E-state index contributed by atoms with van der Waals surface area (Å²) in [5.74, 6) is -0.135. The smallest absolute Gasteiger partial charge is 0.264 e. The van der Waals surface area contributed by atoms with Crippen LogP contribution < -0.4 is 5.73 Å². The summed E-state index contributed by atoms with van der Waals surface area (Å²) in [6.07, 6.45) is 2.30. The summed E-state index contributed by atoms with van der Waals surface area (Å²) in [5, 5.41) is 0. The van der Waals surface area contributed by atoms with Crippen LogP contribution in [-0.2, 0) is 10.1 Å². The van der Waals surface area contributed by atoms with Crippen molar-refractivity contribution in [1.29, 1.82) is 0 Å². The van der Waals surface area contributed by atoms with Crippen LogP contribution in [0.4, 0.5) is 0 Å². The van der Waals surface area contributed by atoms with Gasteiger partial charge in [-0.3, -0.25) is 4.55 Å². The molecule has 0 aromatic heterocycles. The Balaban J connectivity index is 3.66. The summed E-state index contributed by atoms with van der Waals surface area (Å²) < 4.78 is 30.3. The fourth-order valence-electron chi connectivity index (χ4n) is 1.46. The zero-order valence-corrected chi connectivity index (χ0v) is 10.5. The lowest BCUT2D eigenvalue weighted by molar-refractivity contribution is -0.890. The van der Waals surface area contributed by atoms with Crippen molar-refractivity contribution < 1.29 is 17.5 Å². The van der Waals surface area contributed by atoms with Crippen LogP contribution >= 0.6 is 0 Å². The number of rotatable bonds is 8. The van der Waals surface area contributed by atoms with Crippen LogP contribution in [0.15, 0.2) is 0 Å². The average molecular weight is 239 g/mol. The van der Waals surface area contributed by atoms with Gasteiger partial charge in [-0.05, 0) is 19.4 Å². The van der Waals surface area contributed by atoms with Crippen LogP contribution in [0.25, 0.3) is 0 Å². The molecule has 92 valence electrons. The molecule has 0 atom stereocenters. The molecule has 0 aliphatic rings. The predicted octanol–water partition coefficient (Wildman–Crippen LogP) is 0.0796. The number of hydrogen-bond donors (Lipinski definition) is 2. The van der Waals surface area contributed by atoms with E-state index >= 15 is 0 Å². The molecule has 0 saturated heterocycles. The standard InChI is InChI=1S/C9H22N2O3S/c1-11(2,8-5-6-10)7-3-4-9-15(12,13)14/h3-10H2,1-2H3/p+1. The maximum atomic E-state index is 10.5. The van der Waals surface area contributed by atoms with E-state index in [0.29, 0.717) is 13.0 Å². The number of hydrogen-bond acceptors (Lipinski definition) is 3. The molecule has 3 N–H and O–H groups in total. The largest absolute Gasteiger partial charge is 0.330 e. The molecule has 0 fully saturated rings. The molecule has 6 heteroatoms. The van der Waals surface area contributed by atoms with Crippen molar-refractivity contribution >= 4 is 10.1 Å². The molecule has 0 spiro atoms. The number of nitrogens with zero attached hydrogens (tertiary/aromatic N) is 1. The van der Waals surface area contributed by atoms with Crippen LogP contribution in [0, 0.1) is 0 Å². The first-order valence-electron chi connectivity index (χ1n) is 5.24. The molecule has 0 bridgehead atoms. The Bertz CT molecular complexity index is 263. The average Bonchev–Trinajstić information content (AvgIpc) is 2.08. The first-order chi connectivity index (χ1) is 6.77. The van der Waals surface area contributed by atoms with E-state index in [1.165, 1.54) is 0 Å². The minimum Gasteiger partial charge on any atom is -0.330 e. The van der Waals surface area contributed by atoms with Crippen LogP contribution in [0.3, 0.4) is 0 Å². The fraction of sp³-hybridized carbons (Fsp3) is 1.00. The van der Waals surface area contributed by atoms with Gasteiger partial charge in [-0.15, -0.1) is 0 Å². The Morgan fingerprint density at radius 1 is 1.13 bits per heavy atom. The van der Waals surface area contributed by atoms with E-state index in [0.717, 1.165) is 30.4 Å². The van der Waals surface area contributed by atoms with Gasteiger partial charge in [0, 0.05) is 6.42 Å². The lowest BCUT2D eigenvalue weighted by Gasteiger charge is -2.29. The van der Waals surface area contributed by atoms with E-state index in [4.69, 9.17) is 10.3 Å². The highest BCUT2D eigenvalue weighted by atomic mass is 32.2. The summed E-state index contributed by atoms with van der Waals surface area (Å²) in [7, 11) is 0.415. The molecule has 0 rings (SSSR count). The van der Waals surface area contributed by atoms with Gasteiger partial charge in [0.1, 0.15) is 0 Å². The molecule has 5 nitrogen and oxygen atoms in total. The maximum absolute atomic E-state index is 10.5. The highest BCUT2D eigenvalue weighted by Gasteiger charge is 2.14. The third-order valence-electron chi connectivity index (χ3n) is 2.38. The summed E-state index contributed by atoms with van der Waals surface area (Å²) in [5.41, 5.74) is 5.43. The third kappa shape index (κ3) is 10.1. The molecule has 0 aliphatic heterocycles. The molecule has 0 unspecified atom stereocenters. The minimum atomic E-state index is -3.79. The van der Waals surface area contributed by atoms with Gasteiger partial charge in [-0.25, -0.2) is 0 Å². The van der Waals surface area contributed by atoms with E-state index in [9.17, 15) is 8.42 Å². The monoisotopic (exact) mass is 239 g/mol. The summed E-state index contributed by atoms with van der Waals surface area (Å²) in [6.45, 7) is 2.60. The maximum Gasteiger partial charge on any atom is 0.264 e. The molecule has 0 radical (unpaired) electrons. The molecule has 0 aliphatic carbocycles. The summed E-state index contributed by atoms with van der Waals surface area (Å²) >= 11 is 0. The van der Waals surface area contributed by atoms with Gasteiger partial charge in [0.05, 0.1) is 32.9 Å². The van der Waals surface area contributed by atoms with Gasteiger partial charge in [0.15, 0.2) is 0 Å². The Morgan fingerprint density at radius 2 is 1.67 bits per heavy atom. The molecule has 0 aromatic carbocycles. The first kappa shape index (κ1) is 14.8. The van der Waals surface area contributed by atoms with Crippen LogP contribution in [-0.4, -0.2) is 56.9 Å². The Kier molecular flexibility index (Phi) is 6.35. The first-order valence-corrected chi connectivity index (χ1v) is 6.85. The topological polar surface area (TPSA) is 80.4 Å². The molecule has 0 amide bonds. The van der Waals surface area contributed by atoms with Crippen molar-refractivity contribution in [2.45, 2.75) is 19.3 Å². The second-order valence-corrected chi connectivity index (χ2v) is 6.09. The molecule has 0 saturated carbocycles. The summed E-state index contributed by atoms with van der Waals surface area (Å²) in [4.78, 5) is 0. The zero-order chi connectivity index (χ0) is 11.9. The fourth-order valence-corrected chi connectivity index (χ4v) is 2.02. The van der Waals surface area contributed by atoms with E-state index in [1.54, 1.807) is 0 Å². The Hall–Kier alpha value is -0.170. The highest BCUT2D eigenvalue weighted by Crippen LogP contribution is 2.04. The summed E-state index contributed by atoms with van der Waals surface area (Å²) in [6, 6.07) is 0. The Morgan fingerprint density at radius 3 is 2.13 bits per heavy atom. The molecular formula is C9H23N2O3S+. The second kappa shape index (κ2) is 6.42. The molecule has 0 heterocycles. The third-order valence-corrected chi connectivity index (χ3v) is 3.19. The molecular weight excluding hydrogens is 216 g/mol. The van der Waals surface area contributed by atoms with Gasteiger partial charge in [0.25, 0.3) is 10.1 Å². The van der Waals surface area contributed by atoms with E-state index in [2.05, 4.69) is 14.1 Å². The number of quaternary nitrogens is 1. The lowest BCUT2D eigenvalue weighted by atomic mass is 10.2. The van der Waals surface area contributed by atoms with Crippen LogP contribution in [0.1, 0.15) is 19.3 Å². The van der Waals surface area contributed by atoms with Crippen molar-refractivity contribution in [2.75, 3.05) is 39.5 Å². The molecule has 15 heavy (non-hydrogen) atoms. The van der Waals surface area contributed by atoms with E-state index < -0.39 is 10.1 Å². The zero-order valence-electron chi connectivity index (χ0n) is 9.65. The second-order valence-electron chi connectivity index (χ2n) is 4.52. The van der Waals surface area contributed by atoms with Crippen molar-refractivity contribution in [2.24, 2.45) is 5.73 Å². The van der Waals surface area contributed by atoms with E-state index in [1.807, 2.05) is 0 Å². The van der Waals surface area contributed by atoms with Crippen molar-refractivity contribution in [1.82, 2.24) is 0 Å². The quantitative estimate of drug-likeness (QED) is 0.357. The minimum absolute atomic E-state index is 0.135. The number of unbranched alkanes of at least 4 members (excludes halogenated alkanes) is 1. The van der Waals surface area contributed by atoms with Crippen molar-refractivity contribution in [3.8, 4) is 0 Å². The van der Waals surface area contributed by atoms with Gasteiger partial charge in [-0.2, -0.15) is 8.42 Å². The van der Waals surface area contributed by atoms with Gasteiger partial charge >= 0.3 is 0 Å². The van der Waals surface area contributed by atoms with Crippen LogP contribution in [0.5, 0.6) is 0 Å². The normalized spacial score (nSPS) is 13.1. The lowest BCUT2D eigenvalue weighted by Crippen LogP contribution is -2.42. The Labute approximate surface area is 92.6 Å². The molecule has 0 aromatic rings. The SMILES string of the molecule is C[N+](C)(CCCN)CCCCS(=O)(=O)O. The van der Waals surface area contributed by atoms with Crippen LogP contribution in [0.2, 0.25) is 0 Å². The van der Waals surface area contributed by atoms with Gasteiger partial charge in [0.2, 0.25) is 0 Å². The predicted molar refractivity (Wildman–Crippen MR) is 61.2 cm³/mol. The van der Waals surface area contributed by atoms with E-state index in [-0.39, 0.29) is 5.75 Å². The van der Waals surface area contributed by atoms with Crippen molar-refractivity contribution in [3.05, 3.63) is 0 Å². The van der Waals surface area contributed by atoms with Crippen molar-refractivity contribution in [3.63, 3.8) is 0 Å². The number of nitrogens with two attached hydrogens (primary N) is 1.